The average molecular weight is 307 g/mol. The van der Waals surface area contributed by atoms with Crippen LogP contribution in [0.25, 0.3) is 10.2 Å². The van der Waals surface area contributed by atoms with Crippen molar-refractivity contribution >= 4 is 27.5 Å². The number of thiophene rings is 1. The van der Waals surface area contributed by atoms with Gasteiger partial charge in [-0.05, 0) is 24.8 Å². The summed E-state index contributed by atoms with van der Waals surface area (Å²) in [6.07, 6.45) is 5.87. The molecule has 0 aromatic carbocycles. The number of carbonyl (C=O) groups excluding carboxylic acids is 1. The molecule has 0 aliphatic rings. The molecular weight excluding hydrogens is 286 g/mol. The van der Waals surface area contributed by atoms with Crippen molar-refractivity contribution in [3.63, 3.8) is 0 Å². The molecule has 5 nitrogen and oxygen atoms in total. The standard InChI is InChI=1S/C15H21N3O2S/c1-3-4-5-6-11(2)17-13(19)9-18-10-16-14-12(15(18)20)7-8-21-14/h7-8,10-11H,3-6,9H2,1-2H3,(H,17,19)/t11-/m0/s1. The fourth-order valence-corrected chi connectivity index (χ4v) is 2.98. The van der Waals surface area contributed by atoms with Crippen molar-refractivity contribution in [2.75, 3.05) is 0 Å². The summed E-state index contributed by atoms with van der Waals surface area (Å²) < 4.78 is 1.36. The number of hydrogen-bond acceptors (Lipinski definition) is 4. The molecule has 2 heterocycles. The van der Waals surface area contributed by atoms with Crippen molar-refractivity contribution in [1.82, 2.24) is 14.9 Å². The summed E-state index contributed by atoms with van der Waals surface area (Å²) in [6.45, 7) is 4.18. The smallest absolute Gasteiger partial charge is 0.262 e. The molecule has 6 heteroatoms. The molecule has 114 valence electrons. The largest absolute Gasteiger partial charge is 0.352 e. The fourth-order valence-electron chi connectivity index (χ4n) is 2.25. The lowest BCUT2D eigenvalue weighted by Crippen LogP contribution is -2.37. The van der Waals surface area contributed by atoms with Gasteiger partial charge in [0.2, 0.25) is 5.91 Å². The van der Waals surface area contributed by atoms with Crippen LogP contribution < -0.4 is 10.9 Å². The van der Waals surface area contributed by atoms with Crippen LogP contribution in [-0.2, 0) is 11.3 Å². The van der Waals surface area contributed by atoms with Crippen molar-refractivity contribution < 1.29 is 4.79 Å². The first-order chi connectivity index (χ1) is 10.1. The number of hydrogen-bond donors (Lipinski definition) is 1. The zero-order chi connectivity index (χ0) is 15.2. The summed E-state index contributed by atoms with van der Waals surface area (Å²) in [5, 5.41) is 5.34. The number of unbranched alkanes of at least 4 members (excludes halogenated alkanes) is 2. The van der Waals surface area contributed by atoms with Gasteiger partial charge in [0.05, 0.1) is 11.7 Å². The Morgan fingerprint density at radius 3 is 3.05 bits per heavy atom. The fraction of sp³-hybridized carbons (Fsp3) is 0.533. The zero-order valence-corrected chi connectivity index (χ0v) is 13.3. The van der Waals surface area contributed by atoms with Crippen LogP contribution in [0.15, 0.2) is 22.6 Å². The number of rotatable bonds is 7. The third-order valence-corrected chi connectivity index (χ3v) is 4.23. The molecule has 2 rings (SSSR count). The Morgan fingerprint density at radius 1 is 1.48 bits per heavy atom. The Morgan fingerprint density at radius 2 is 2.29 bits per heavy atom. The first-order valence-corrected chi connectivity index (χ1v) is 8.21. The SMILES string of the molecule is CCCCC[C@H](C)NC(=O)Cn1cnc2sccc2c1=O. The molecule has 0 spiro atoms. The molecule has 1 amide bonds. The quantitative estimate of drug-likeness (QED) is 0.800. The normalized spacial score (nSPS) is 12.5. The average Bonchev–Trinajstić information content (AvgIpc) is 2.91. The van der Waals surface area contributed by atoms with Gasteiger partial charge in [0.25, 0.3) is 5.56 Å². The molecule has 0 saturated carbocycles. The lowest BCUT2D eigenvalue weighted by molar-refractivity contribution is -0.122. The molecule has 0 radical (unpaired) electrons. The number of nitrogens with zero attached hydrogens (tertiary/aromatic N) is 2. The van der Waals surface area contributed by atoms with E-state index in [2.05, 4.69) is 17.2 Å². The van der Waals surface area contributed by atoms with Gasteiger partial charge in [-0.15, -0.1) is 11.3 Å². The molecule has 2 aromatic heterocycles. The highest BCUT2D eigenvalue weighted by molar-refractivity contribution is 7.16. The van der Waals surface area contributed by atoms with Gasteiger partial charge >= 0.3 is 0 Å². The van der Waals surface area contributed by atoms with Crippen molar-refractivity contribution in [3.8, 4) is 0 Å². The van der Waals surface area contributed by atoms with E-state index in [1.165, 1.54) is 35.1 Å². The van der Waals surface area contributed by atoms with Crippen molar-refractivity contribution in [1.29, 1.82) is 0 Å². The van der Waals surface area contributed by atoms with Gasteiger partial charge in [0.1, 0.15) is 11.4 Å². The third kappa shape index (κ3) is 4.14. The number of amides is 1. The minimum Gasteiger partial charge on any atom is -0.352 e. The van der Waals surface area contributed by atoms with Crippen LogP contribution >= 0.6 is 11.3 Å². The van der Waals surface area contributed by atoms with Crippen LogP contribution in [0.1, 0.15) is 39.5 Å². The Kier molecular flexibility index (Phi) is 5.50. The number of fused-ring (bicyclic) bond motifs is 1. The van der Waals surface area contributed by atoms with E-state index >= 15 is 0 Å². The topological polar surface area (TPSA) is 64.0 Å². The molecule has 0 saturated heterocycles. The molecule has 0 aliphatic carbocycles. The van der Waals surface area contributed by atoms with Gasteiger partial charge in [0.15, 0.2) is 0 Å². The van der Waals surface area contributed by atoms with E-state index in [-0.39, 0.29) is 24.1 Å². The summed E-state index contributed by atoms with van der Waals surface area (Å²) >= 11 is 1.43. The second kappa shape index (κ2) is 7.36. The molecule has 21 heavy (non-hydrogen) atoms. The zero-order valence-electron chi connectivity index (χ0n) is 12.5. The van der Waals surface area contributed by atoms with Gasteiger partial charge in [-0.1, -0.05) is 26.2 Å². The van der Waals surface area contributed by atoms with Crippen LogP contribution in [0.2, 0.25) is 0 Å². The van der Waals surface area contributed by atoms with Crippen molar-refractivity contribution in [3.05, 3.63) is 28.1 Å². The second-order valence-electron chi connectivity index (χ2n) is 5.28. The van der Waals surface area contributed by atoms with Gasteiger partial charge in [-0.2, -0.15) is 0 Å². The molecule has 0 fully saturated rings. The molecule has 1 N–H and O–H groups in total. The Bertz CT molecular complexity index is 662. The Balaban J connectivity index is 1.95. The number of carbonyl (C=O) groups is 1. The predicted molar refractivity (Wildman–Crippen MR) is 85.6 cm³/mol. The van der Waals surface area contributed by atoms with Crippen LogP contribution in [0.3, 0.4) is 0 Å². The van der Waals surface area contributed by atoms with Crippen molar-refractivity contribution in [2.45, 2.75) is 52.1 Å². The summed E-state index contributed by atoms with van der Waals surface area (Å²) in [5.74, 6) is -0.141. The lowest BCUT2D eigenvalue weighted by atomic mass is 10.1. The van der Waals surface area contributed by atoms with E-state index in [4.69, 9.17) is 0 Å². The maximum absolute atomic E-state index is 12.2. The molecule has 0 unspecified atom stereocenters. The van der Waals surface area contributed by atoms with Crippen LogP contribution in [-0.4, -0.2) is 21.5 Å². The summed E-state index contributed by atoms with van der Waals surface area (Å²) in [4.78, 5) is 29.1. The number of nitrogens with one attached hydrogen (secondary N) is 1. The second-order valence-corrected chi connectivity index (χ2v) is 6.18. The monoisotopic (exact) mass is 307 g/mol. The van der Waals surface area contributed by atoms with Gasteiger partial charge < -0.3 is 5.32 Å². The van der Waals surface area contributed by atoms with Crippen LogP contribution in [0.4, 0.5) is 0 Å². The Labute approximate surface area is 128 Å². The molecule has 0 aliphatic heterocycles. The highest BCUT2D eigenvalue weighted by Crippen LogP contribution is 2.13. The molecule has 0 bridgehead atoms. The highest BCUT2D eigenvalue weighted by atomic mass is 32.1. The summed E-state index contributed by atoms with van der Waals surface area (Å²) in [7, 11) is 0. The molecule has 2 aromatic rings. The first-order valence-electron chi connectivity index (χ1n) is 7.33. The molecular formula is C15H21N3O2S. The maximum Gasteiger partial charge on any atom is 0.262 e. The van der Waals surface area contributed by atoms with Crippen LogP contribution in [0.5, 0.6) is 0 Å². The van der Waals surface area contributed by atoms with E-state index in [0.29, 0.717) is 10.2 Å². The van der Waals surface area contributed by atoms with E-state index in [0.717, 1.165) is 12.8 Å². The van der Waals surface area contributed by atoms with Crippen molar-refractivity contribution in [2.24, 2.45) is 0 Å². The Hall–Kier alpha value is -1.69. The van der Waals surface area contributed by atoms with E-state index < -0.39 is 0 Å². The van der Waals surface area contributed by atoms with Gasteiger partial charge in [-0.3, -0.25) is 14.2 Å². The van der Waals surface area contributed by atoms with Gasteiger partial charge in [0, 0.05) is 6.04 Å². The van der Waals surface area contributed by atoms with Gasteiger partial charge in [-0.25, -0.2) is 4.98 Å². The van der Waals surface area contributed by atoms with E-state index in [9.17, 15) is 9.59 Å². The lowest BCUT2D eigenvalue weighted by Gasteiger charge is -2.14. The summed E-state index contributed by atoms with van der Waals surface area (Å²) in [6, 6.07) is 1.88. The summed E-state index contributed by atoms with van der Waals surface area (Å²) in [5.41, 5.74) is -0.157. The first kappa shape index (κ1) is 15.7. The predicted octanol–water partition coefficient (Wildman–Crippen LogP) is 2.54. The minimum atomic E-state index is -0.157. The highest BCUT2D eigenvalue weighted by Gasteiger charge is 2.11. The van der Waals surface area contributed by atoms with Crippen LogP contribution in [0, 0.1) is 0 Å². The van der Waals surface area contributed by atoms with E-state index in [1.54, 1.807) is 6.07 Å². The minimum absolute atomic E-state index is 0.0235. The number of aromatic nitrogens is 2. The maximum atomic E-state index is 12.2. The molecule has 1 atom stereocenters. The third-order valence-electron chi connectivity index (χ3n) is 3.41. The van der Waals surface area contributed by atoms with E-state index in [1.807, 2.05) is 12.3 Å².